The number of benzene rings is 2. The predicted octanol–water partition coefficient (Wildman–Crippen LogP) is 6.05. The largest absolute Gasteiger partial charge is 0.491 e. The quantitative estimate of drug-likeness (QED) is 0.302. The van der Waals surface area contributed by atoms with Crippen LogP contribution in [-0.4, -0.2) is 52.9 Å². The first-order valence-electron chi connectivity index (χ1n) is 13.2. The third kappa shape index (κ3) is 7.32. The molecular weight excluding hydrogens is 506 g/mol. The molecule has 210 valence electrons. The molecule has 0 saturated carbocycles. The van der Waals surface area contributed by atoms with Crippen LogP contribution in [0.3, 0.4) is 0 Å². The Labute approximate surface area is 227 Å². The summed E-state index contributed by atoms with van der Waals surface area (Å²) < 4.78 is 45.6. The van der Waals surface area contributed by atoms with Crippen molar-refractivity contribution < 1.29 is 27.6 Å². The third-order valence-electron chi connectivity index (χ3n) is 6.09. The van der Waals surface area contributed by atoms with Crippen molar-refractivity contribution in [3.63, 3.8) is 0 Å². The summed E-state index contributed by atoms with van der Waals surface area (Å²) >= 11 is 0. The van der Waals surface area contributed by atoms with Crippen LogP contribution >= 0.6 is 0 Å². The summed E-state index contributed by atoms with van der Waals surface area (Å²) in [6.45, 7) is 11.0. The molecule has 0 fully saturated rings. The molecule has 1 aliphatic heterocycles. The van der Waals surface area contributed by atoms with Crippen molar-refractivity contribution >= 4 is 17.6 Å². The lowest BCUT2D eigenvalue weighted by Gasteiger charge is -2.29. The molecule has 2 heterocycles. The second-order valence-electron chi connectivity index (χ2n) is 11.1. The highest BCUT2D eigenvalue weighted by Crippen LogP contribution is 2.35. The number of hydrogen-bond donors (Lipinski definition) is 0. The summed E-state index contributed by atoms with van der Waals surface area (Å²) in [7, 11) is 1.97. The highest BCUT2D eigenvalue weighted by atomic mass is 19.1. The zero-order valence-corrected chi connectivity index (χ0v) is 23.4. The molecule has 1 aliphatic rings. The molecule has 0 N–H and O–H groups in total. The van der Waals surface area contributed by atoms with Crippen molar-refractivity contribution in [3.8, 4) is 17.2 Å². The van der Waals surface area contributed by atoms with E-state index in [9.17, 15) is 13.6 Å². The first-order chi connectivity index (χ1) is 18.4. The van der Waals surface area contributed by atoms with Crippen LogP contribution in [0.1, 0.15) is 58.6 Å². The van der Waals surface area contributed by atoms with Gasteiger partial charge in [0.25, 0.3) is 11.8 Å². The second-order valence-corrected chi connectivity index (χ2v) is 11.1. The van der Waals surface area contributed by atoms with Gasteiger partial charge in [-0.25, -0.2) is 8.78 Å². The Balaban J connectivity index is 1.46. The van der Waals surface area contributed by atoms with E-state index in [1.54, 1.807) is 13.8 Å². The van der Waals surface area contributed by atoms with Crippen molar-refractivity contribution in [2.24, 2.45) is 0 Å². The minimum absolute atomic E-state index is 0.0970. The van der Waals surface area contributed by atoms with E-state index in [2.05, 4.69) is 21.1 Å². The Morgan fingerprint density at radius 3 is 2.56 bits per heavy atom. The monoisotopic (exact) mass is 542 g/mol. The van der Waals surface area contributed by atoms with E-state index >= 15 is 0 Å². The average molecular weight is 543 g/mol. The standard InChI is InChI=1S/C29H36F2N4O4/c1-18(2)37-21-15-22(30)26(23(31)16-21)27-32-28(33-39-27)35-12-7-8-20-14-19(9-10-24(20)35)17-34(6)13-11-25(36)38-29(3,4)5/h9-10,14-16,18H,7-8,11-13,17H2,1-6H3. The molecule has 0 atom stereocenters. The number of esters is 1. The summed E-state index contributed by atoms with van der Waals surface area (Å²) in [4.78, 5) is 20.3. The zero-order valence-electron chi connectivity index (χ0n) is 23.4. The summed E-state index contributed by atoms with van der Waals surface area (Å²) in [6, 6.07) is 8.39. The number of hydrogen-bond acceptors (Lipinski definition) is 8. The van der Waals surface area contributed by atoms with Crippen LogP contribution in [0, 0.1) is 11.6 Å². The summed E-state index contributed by atoms with van der Waals surface area (Å²) in [5.74, 6) is -1.77. The van der Waals surface area contributed by atoms with Gasteiger partial charge >= 0.3 is 5.97 Å². The van der Waals surface area contributed by atoms with Gasteiger partial charge in [-0.15, -0.1) is 0 Å². The number of ether oxygens (including phenoxy) is 2. The van der Waals surface area contributed by atoms with E-state index in [1.807, 2.05) is 44.9 Å². The van der Waals surface area contributed by atoms with Crippen molar-refractivity contribution in [1.82, 2.24) is 15.0 Å². The highest BCUT2D eigenvalue weighted by molar-refractivity contribution is 5.70. The van der Waals surface area contributed by atoms with Gasteiger partial charge in [-0.3, -0.25) is 4.79 Å². The smallest absolute Gasteiger partial charge is 0.307 e. The van der Waals surface area contributed by atoms with Crippen LogP contribution < -0.4 is 9.64 Å². The Hall–Kier alpha value is -3.53. The molecular formula is C29H36F2N4O4. The minimum atomic E-state index is -0.833. The Morgan fingerprint density at radius 2 is 1.90 bits per heavy atom. The number of nitrogens with zero attached hydrogens (tertiary/aromatic N) is 4. The number of fused-ring (bicyclic) bond motifs is 1. The highest BCUT2D eigenvalue weighted by Gasteiger charge is 2.26. The summed E-state index contributed by atoms with van der Waals surface area (Å²) in [5.41, 5.74) is 2.29. The van der Waals surface area contributed by atoms with Crippen LogP contribution in [0.2, 0.25) is 0 Å². The fraction of sp³-hybridized carbons (Fsp3) is 0.483. The molecule has 0 spiro atoms. The van der Waals surface area contributed by atoms with Gasteiger partial charge in [0.05, 0.1) is 12.5 Å². The average Bonchev–Trinajstić information content (AvgIpc) is 3.30. The first kappa shape index (κ1) is 28.5. The van der Waals surface area contributed by atoms with Crippen molar-refractivity contribution in [2.45, 2.75) is 72.1 Å². The molecule has 39 heavy (non-hydrogen) atoms. The molecule has 0 bridgehead atoms. The van der Waals surface area contributed by atoms with Gasteiger partial charge in [0, 0.05) is 37.5 Å². The number of halogens is 2. The molecule has 0 radical (unpaired) electrons. The molecule has 2 aromatic carbocycles. The van der Waals surface area contributed by atoms with E-state index in [1.165, 1.54) is 0 Å². The normalized spacial score (nSPS) is 13.6. The van der Waals surface area contributed by atoms with Gasteiger partial charge in [0.1, 0.15) is 28.5 Å². The van der Waals surface area contributed by atoms with Crippen LogP contribution in [0.4, 0.5) is 20.4 Å². The van der Waals surface area contributed by atoms with Gasteiger partial charge in [-0.2, -0.15) is 4.98 Å². The minimum Gasteiger partial charge on any atom is -0.491 e. The van der Waals surface area contributed by atoms with E-state index in [-0.39, 0.29) is 35.2 Å². The second kappa shape index (κ2) is 11.7. The number of anilines is 2. The maximum atomic E-state index is 14.8. The van der Waals surface area contributed by atoms with Crippen LogP contribution in [0.15, 0.2) is 34.9 Å². The van der Waals surface area contributed by atoms with Crippen LogP contribution in [0.25, 0.3) is 11.5 Å². The van der Waals surface area contributed by atoms with Gasteiger partial charge in [0.2, 0.25) is 0 Å². The number of rotatable bonds is 9. The van der Waals surface area contributed by atoms with Crippen molar-refractivity contribution in [3.05, 3.63) is 53.1 Å². The lowest BCUT2D eigenvalue weighted by atomic mass is 9.99. The van der Waals surface area contributed by atoms with E-state index < -0.39 is 17.2 Å². The molecule has 1 aromatic heterocycles. The summed E-state index contributed by atoms with van der Waals surface area (Å²) in [5, 5.41) is 4.03. The number of carbonyl (C=O) groups excluding carboxylic acids is 1. The fourth-order valence-corrected chi connectivity index (χ4v) is 4.54. The van der Waals surface area contributed by atoms with E-state index in [0.717, 1.165) is 41.8 Å². The topological polar surface area (TPSA) is 80.9 Å². The number of carbonyl (C=O) groups is 1. The van der Waals surface area contributed by atoms with Gasteiger partial charge in [-0.05, 0) is 76.9 Å². The Bertz CT molecular complexity index is 1300. The molecule has 10 heteroatoms. The Morgan fingerprint density at radius 1 is 1.18 bits per heavy atom. The lowest BCUT2D eigenvalue weighted by molar-refractivity contribution is -0.155. The molecule has 8 nitrogen and oxygen atoms in total. The van der Waals surface area contributed by atoms with Crippen molar-refractivity contribution in [2.75, 3.05) is 25.0 Å². The van der Waals surface area contributed by atoms with Crippen molar-refractivity contribution in [1.29, 1.82) is 0 Å². The zero-order chi connectivity index (χ0) is 28.3. The fourth-order valence-electron chi connectivity index (χ4n) is 4.54. The lowest BCUT2D eigenvalue weighted by Crippen LogP contribution is -2.28. The van der Waals surface area contributed by atoms with Gasteiger partial charge < -0.3 is 23.8 Å². The molecule has 0 amide bonds. The molecule has 0 saturated heterocycles. The Kier molecular flexibility index (Phi) is 8.54. The number of aromatic nitrogens is 2. The molecule has 0 unspecified atom stereocenters. The molecule has 3 aromatic rings. The maximum absolute atomic E-state index is 14.8. The third-order valence-corrected chi connectivity index (χ3v) is 6.09. The van der Waals surface area contributed by atoms with E-state index in [0.29, 0.717) is 26.1 Å². The molecule has 0 aliphatic carbocycles. The predicted molar refractivity (Wildman–Crippen MR) is 144 cm³/mol. The molecule has 4 rings (SSSR count). The van der Waals surface area contributed by atoms with Crippen LogP contribution in [-0.2, 0) is 22.5 Å². The maximum Gasteiger partial charge on any atom is 0.307 e. The first-order valence-corrected chi connectivity index (χ1v) is 13.2. The van der Waals surface area contributed by atoms with Gasteiger partial charge in [0.15, 0.2) is 0 Å². The summed E-state index contributed by atoms with van der Waals surface area (Å²) in [6.07, 6.45) is 1.84. The van der Waals surface area contributed by atoms with E-state index in [4.69, 9.17) is 14.0 Å². The van der Waals surface area contributed by atoms with Crippen LogP contribution in [0.5, 0.6) is 5.75 Å². The SMILES string of the molecule is CC(C)Oc1cc(F)c(-c2nc(N3CCCc4cc(CN(C)CCC(=O)OC(C)(C)C)ccc43)no2)c(F)c1. The number of aryl methyl sites for hydroxylation is 1. The van der Waals surface area contributed by atoms with Gasteiger partial charge in [-0.1, -0.05) is 12.1 Å².